The largest absolute Gasteiger partial charge is 0.472 e. The molecule has 396 valence electrons. The van der Waals surface area contributed by atoms with Gasteiger partial charge < -0.3 is 39.9 Å². The van der Waals surface area contributed by atoms with Crippen LogP contribution in [0.4, 0.5) is 0 Å². The van der Waals surface area contributed by atoms with Crippen molar-refractivity contribution >= 4 is 19.8 Å². The summed E-state index contributed by atoms with van der Waals surface area (Å²) in [7, 11) is -5.14. The number of aliphatic hydroxyl groups excluding tert-OH is 5. The smallest absolute Gasteiger partial charge is 0.462 e. The van der Waals surface area contributed by atoms with E-state index in [1.54, 1.807) is 0 Å². The van der Waals surface area contributed by atoms with Crippen LogP contribution in [0.15, 0.2) is 48.6 Å². The van der Waals surface area contributed by atoms with Crippen LogP contribution in [0.1, 0.15) is 226 Å². The Labute approximate surface area is 411 Å². The number of carbonyl (C=O) groups is 2. The molecule has 1 aliphatic carbocycles. The van der Waals surface area contributed by atoms with E-state index >= 15 is 0 Å². The fourth-order valence-electron chi connectivity index (χ4n) is 8.11. The van der Waals surface area contributed by atoms with E-state index in [2.05, 4.69) is 50.3 Å². The SMILES string of the molecule is CCCCCCCCC/C=C/C/C=C/C/C=C/C/C=C/CCCC(=O)O[C@H](COC(=O)CCCCCCCCCCCCCCCCCCCC)COP(=O)(O)OC1C(O)C(O)C(O)[C@@H](O)C1O. The second kappa shape index (κ2) is 43.6. The van der Waals surface area contributed by atoms with Gasteiger partial charge in [-0.2, -0.15) is 0 Å². The van der Waals surface area contributed by atoms with E-state index in [0.717, 1.165) is 44.9 Å². The van der Waals surface area contributed by atoms with Crippen molar-refractivity contribution in [3.63, 3.8) is 0 Å². The van der Waals surface area contributed by atoms with E-state index in [4.69, 9.17) is 18.5 Å². The Kier molecular flexibility index (Phi) is 40.9. The molecule has 0 aliphatic heterocycles. The molecule has 1 saturated carbocycles. The van der Waals surface area contributed by atoms with Gasteiger partial charge in [0.1, 0.15) is 43.2 Å². The molecule has 0 heterocycles. The number of hydrogen-bond acceptors (Lipinski definition) is 12. The third-order valence-electron chi connectivity index (χ3n) is 12.4. The zero-order valence-corrected chi connectivity index (χ0v) is 43.3. The number of ether oxygens (including phenoxy) is 2. The molecule has 0 amide bonds. The number of rotatable bonds is 45. The van der Waals surface area contributed by atoms with Gasteiger partial charge in [-0.1, -0.05) is 210 Å². The summed E-state index contributed by atoms with van der Waals surface area (Å²) < 4.78 is 33.6. The number of hydrogen-bond donors (Lipinski definition) is 6. The van der Waals surface area contributed by atoms with Crippen molar-refractivity contribution in [2.75, 3.05) is 13.2 Å². The van der Waals surface area contributed by atoms with Gasteiger partial charge in [0.05, 0.1) is 6.61 Å². The molecule has 1 aliphatic rings. The van der Waals surface area contributed by atoms with Gasteiger partial charge in [-0.25, -0.2) is 4.57 Å². The maximum atomic E-state index is 12.9. The van der Waals surface area contributed by atoms with Gasteiger partial charge in [0.25, 0.3) is 0 Å². The molecule has 8 atom stereocenters. The van der Waals surface area contributed by atoms with E-state index in [1.165, 1.54) is 135 Å². The summed E-state index contributed by atoms with van der Waals surface area (Å²) in [4.78, 5) is 35.8. The predicted molar refractivity (Wildman–Crippen MR) is 272 cm³/mol. The first-order valence-corrected chi connectivity index (χ1v) is 28.4. The Balaban J connectivity index is 2.42. The average molecular weight is 985 g/mol. The topological polar surface area (TPSA) is 210 Å². The molecule has 6 N–H and O–H groups in total. The Morgan fingerprint density at radius 3 is 1.25 bits per heavy atom. The standard InChI is InChI=1S/C54H97O13P/c1-3-5-7-9-11-13-15-17-19-21-23-24-25-27-29-31-33-35-37-39-41-43-48(56)66-46(45-65-68(62,63)67-54-52(60)50(58)49(57)51(59)53(54)61)44-64-47(55)42-40-38-36-34-32-30-28-26-22-20-18-16-14-12-10-8-6-4-2/h19,21,24-25,29,31,35,37,46,49-54,57-61H,3-18,20,22-23,26-28,30,32-34,36,38-45H2,1-2H3,(H,62,63)/b21-19+,25-24+,31-29+,37-35+/t46-,49?,50-,51?,52?,53?,54?/m1/s1. The summed E-state index contributed by atoms with van der Waals surface area (Å²) in [5.74, 6) is -1.16. The van der Waals surface area contributed by atoms with Crippen molar-refractivity contribution < 1.29 is 63.1 Å². The molecular weight excluding hydrogens is 888 g/mol. The van der Waals surface area contributed by atoms with E-state index < -0.39 is 75.7 Å². The molecule has 0 radical (unpaired) electrons. The molecule has 1 rings (SSSR count). The molecule has 0 aromatic rings. The Morgan fingerprint density at radius 1 is 0.456 bits per heavy atom. The number of carbonyl (C=O) groups excluding carboxylic acids is 2. The van der Waals surface area contributed by atoms with Crippen molar-refractivity contribution in [2.45, 2.75) is 268 Å². The maximum absolute atomic E-state index is 12.9. The van der Waals surface area contributed by atoms with Gasteiger partial charge in [0.2, 0.25) is 0 Å². The third-order valence-corrected chi connectivity index (χ3v) is 13.4. The van der Waals surface area contributed by atoms with E-state index in [9.17, 15) is 44.6 Å². The number of allylic oxidation sites excluding steroid dienone is 8. The summed E-state index contributed by atoms with van der Waals surface area (Å²) in [5, 5.41) is 50.3. The number of phosphoric ester groups is 1. The highest BCUT2D eigenvalue weighted by Gasteiger charge is 2.51. The molecule has 0 spiro atoms. The lowest BCUT2D eigenvalue weighted by atomic mass is 9.85. The van der Waals surface area contributed by atoms with Gasteiger partial charge in [0, 0.05) is 12.8 Å². The number of esters is 2. The van der Waals surface area contributed by atoms with Gasteiger partial charge in [0.15, 0.2) is 6.10 Å². The molecule has 0 aromatic carbocycles. The molecule has 1 fully saturated rings. The fraction of sp³-hybridized carbons (Fsp3) is 0.815. The second-order valence-electron chi connectivity index (χ2n) is 18.7. The molecule has 68 heavy (non-hydrogen) atoms. The lowest BCUT2D eigenvalue weighted by molar-refractivity contribution is -0.220. The zero-order chi connectivity index (χ0) is 49.9. The molecule has 0 bridgehead atoms. The van der Waals surface area contributed by atoms with Crippen molar-refractivity contribution in [2.24, 2.45) is 0 Å². The van der Waals surface area contributed by atoms with Crippen LogP contribution in [0.2, 0.25) is 0 Å². The first-order valence-electron chi connectivity index (χ1n) is 26.9. The van der Waals surface area contributed by atoms with E-state index in [0.29, 0.717) is 19.3 Å². The Bertz CT molecular complexity index is 1370. The van der Waals surface area contributed by atoms with Crippen LogP contribution in [-0.2, 0) is 32.7 Å². The monoisotopic (exact) mass is 985 g/mol. The molecule has 0 saturated heterocycles. The predicted octanol–water partition coefficient (Wildman–Crippen LogP) is 11.9. The minimum Gasteiger partial charge on any atom is -0.462 e. The molecule has 6 unspecified atom stereocenters. The minimum atomic E-state index is -5.14. The fourth-order valence-corrected chi connectivity index (χ4v) is 9.08. The summed E-state index contributed by atoms with van der Waals surface area (Å²) in [6, 6.07) is 0. The maximum Gasteiger partial charge on any atom is 0.472 e. The highest BCUT2D eigenvalue weighted by Crippen LogP contribution is 2.47. The van der Waals surface area contributed by atoms with E-state index in [1.807, 2.05) is 12.2 Å². The first-order chi connectivity index (χ1) is 32.9. The quantitative estimate of drug-likeness (QED) is 0.0145. The summed E-state index contributed by atoms with van der Waals surface area (Å²) in [6.45, 7) is 3.29. The van der Waals surface area contributed by atoms with Gasteiger partial charge in [-0.3, -0.25) is 18.6 Å². The molecular formula is C54H97O13P. The number of phosphoric acid groups is 1. The molecule has 14 heteroatoms. The summed E-state index contributed by atoms with van der Waals surface area (Å²) in [5.41, 5.74) is 0. The highest BCUT2D eigenvalue weighted by atomic mass is 31.2. The first kappa shape index (κ1) is 63.8. The zero-order valence-electron chi connectivity index (χ0n) is 42.4. The number of unbranched alkanes of at least 4 members (excludes halogenated alkanes) is 25. The second-order valence-corrected chi connectivity index (χ2v) is 20.1. The Morgan fingerprint density at radius 2 is 0.809 bits per heavy atom. The van der Waals surface area contributed by atoms with Crippen molar-refractivity contribution in [1.29, 1.82) is 0 Å². The van der Waals surface area contributed by atoms with Crippen molar-refractivity contribution in [1.82, 2.24) is 0 Å². The van der Waals surface area contributed by atoms with Gasteiger partial charge in [-0.05, 0) is 51.4 Å². The van der Waals surface area contributed by atoms with Crippen LogP contribution < -0.4 is 0 Å². The van der Waals surface area contributed by atoms with Gasteiger partial charge in [-0.15, -0.1) is 0 Å². The summed E-state index contributed by atoms with van der Waals surface area (Å²) >= 11 is 0. The lowest BCUT2D eigenvalue weighted by Gasteiger charge is -2.41. The highest BCUT2D eigenvalue weighted by molar-refractivity contribution is 7.47. The van der Waals surface area contributed by atoms with Crippen LogP contribution in [0, 0.1) is 0 Å². The third kappa shape index (κ3) is 35.0. The Hall–Kier alpha value is -2.19. The van der Waals surface area contributed by atoms with Crippen LogP contribution in [0.3, 0.4) is 0 Å². The number of aliphatic hydroxyl groups is 5. The normalized spacial score (nSPS) is 21.4. The molecule has 0 aromatic heterocycles. The molecule has 13 nitrogen and oxygen atoms in total. The van der Waals surface area contributed by atoms with Crippen LogP contribution in [0.5, 0.6) is 0 Å². The van der Waals surface area contributed by atoms with Crippen LogP contribution in [0.25, 0.3) is 0 Å². The van der Waals surface area contributed by atoms with E-state index in [-0.39, 0.29) is 12.8 Å². The van der Waals surface area contributed by atoms with Crippen LogP contribution in [-0.4, -0.2) is 98.3 Å². The van der Waals surface area contributed by atoms with Crippen molar-refractivity contribution in [3.8, 4) is 0 Å². The van der Waals surface area contributed by atoms with Crippen LogP contribution >= 0.6 is 7.82 Å². The summed E-state index contributed by atoms with van der Waals surface area (Å²) in [6.07, 6.45) is 40.2. The van der Waals surface area contributed by atoms with Gasteiger partial charge >= 0.3 is 19.8 Å². The average Bonchev–Trinajstić information content (AvgIpc) is 3.32. The lowest BCUT2D eigenvalue weighted by Crippen LogP contribution is -2.64. The minimum absolute atomic E-state index is 0.0219. The van der Waals surface area contributed by atoms with Crippen molar-refractivity contribution in [3.05, 3.63) is 48.6 Å².